The van der Waals surface area contributed by atoms with Crippen LogP contribution in [-0.2, 0) is 4.79 Å². The van der Waals surface area contributed by atoms with E-state index in [1.54, 1.807) is 0 Å². The SMILES string of the molecule is CC1(C)CC(=O)N[C@@H]2CCCC[C@H]2N1. The van der Waals surface area contributed by atoms with Crippen molar-refractivity contribution in [3.63, 3.8) is 0 Å². The highest BCUT2D eigenvalue weighted by molar-refractivity contribution is 5.78. The Morgan fingerprint density at radius 1 is 1.21 bits per heavy atom. The normalized spacial score (nSPS) is 36.9. The molecule has 1 saturated heterocycles. The van der Waals surface area contributed by atoms with Gasteiger partial charge in [-0.25, -0.2) is 0 Å². The lowest BCUT2D eigenvalue weighted by Gasteiger charge is -2.34. The van der Waals surface area contributed by atoms with Crippen LogP contribution in [-0.4, -0.2) is 23.5 Å². The summed E-state index contributed by atoms with van der Waals surface area (Å²) in [5, 5.41) is 6.74. The summed E-state index contributed by atoms with van der Waals surface area (Å²) in [4.78, 5) is 11.6. The molecule has 1 amide bonds. The number of rotatable bonds is 0. The zero-order valence-corrected chi connectivity index (χ0v) is 9.10. The van der Waals surface area contributed by atoms with Gasteiger partial charge in [-0.1, -0.05) is 12.8 Å². The van der Waals surface area contributed by atoms with Crippen LogP contribution in [0.3, 0.4) is 0 Å². The molecule has 1 saturated carbocycles. The largest absolute Gasteiger partial charge is 0.352 e. The molecule has 3 nitrogen and oxygen atoms in total. The number of carbonyl (C=O) groups excluding carboxylic acids is 1. The van der Waals surface area contributed by atoms with Crippen molar-refractivity contribution in [1.82, 2.24) is 10.6 Å². The Hall–Kier alpha value is -0.570. The van der Waals surface area contributed by atoms with Gasteiger partial charge in [0.25, 0.3) is 0 Å². The predicted octanol–water partition coefficient (Wildman–Crippen LogP) is 1.19. The maximum atomic E-state index is 11.6. The van der Waals surface area contributed by atoms with Crippen molar-refractivity contribution in [2.24, 2.45) is 0 Å². The molecule has 2 N–H and O–H groups in total. The third-order valence-electron chi connectivity index (χ3n) is 3.29. The highest BCUT2D eigenvalue weighted by atomic mass is 16.1. The van der Waals surface area contributed by atoms with Crippen LogP contribution in [0.2, 0.25) is 0 Å². The van der Waals surface area contributed by atoms with Gasteiger partial charge in [-0.15, -0.1) is 0 Å². The minimum Gasteiger partial charge on any atom is -0.352 e. The molecule has 1 aliphatic carbocycles. The van der Waals surface area contributed by atoms with Crippen molar-refractivity contribution in [2.45, 2.75) is 63.6 Å². The number of fused-ring (bicyclic) bond motifs is 1. The maximum Gasteiger partial charge on any atom is 0.222 e. The summed E-state index contributed by atoms with van der Waals surface area (Å²) in [6.07, 6.45) is 5.48. The smallest absolute Gasteiger partial charge is 0.222 e. The van der Waals surface area contributed by atoms with E-state index in [0.717, 1.165) is 6.42 Å². The quantitative estimate of drug-likeness (QED) is 0.611. The van der Waals surface area contributed by atoms with E-state index in [1.807, 2.05) is 0 Å². The van der Waals surface area contributed by atoms with Gasteiger partial charge in [0.15, 0.2) is 0 Å². The Bertz CT molecular complexity index is 237. The fourth-order valence-electron chi connectivity index (χ4n) is 2.69. The van der Waals surface area contributed by atoms with Gasteiger partial charge in [0.1, 0.15) is 0 Å². The van der Waals surface area contributed by atoms with Crippen LogP contribution in [0, 0.1) is 0 Å². The molecule has 2 fully saturated rings. The second-order valence-corrected chi connectivity index (χ2v) is 5.27. The number of carbonyl (C=O) groups is 1. The van der Waals surface area contributed by atoms with Gasteiger partial charge in [0.2, 0.25) is 5.91 Å². The van der Waals surface area contributed by atoms with Gasteiger partial charge in [-0.3, -0.25) is 4.79 Å². The van der Waals surface area contributed by atoms with Crippen LogP contribution in [0.25, 0.3) is 0 Å². The summed E-state index contributed by atoms with van der Waals surface area (Å²) in [5.41, 5.74) is -0.0408. The number of hydrogen-bond acceptors (Lipinski definition) is 2. The summed E-state index contributed by atoms with van der Waals surface area (Å²) >= 11 is 0. The van der Waals surface area contributed by atoms with Crippen molar-refractivity contribution in [1.29, 1.82) is 0 Å². The summed E-state index contributed by atoms with van der Waals surface area (Å²) in [7, 11) is 0. The van der Waals surface area contributed by atoms with Crippen LogP contribution >= 0.6 is 0 Å². The molecule has 2 aliphatic rings. The Balaban J connectivity index is 2.12. The van der Waals surface area contributed by atoms with Crippen LogP contribution in [0.5, 0.6) is 0 Å². The molecule has 0 aromatic heterocycles. The first-order chi connectivity index (χ1) is 6.57. The van der Waals surface area contributed by atoms with E-state index in [-0.39, 0.29) is 11.4 Å². The zero-order valence-electron chi connectivity index (χ0n) is 9.10. The highest BCUT2D eigenvalue weighted by Gasteiger charge is 2.35. The lowest BCUT2D eigenvalue weighted by atomic mass is 9.89. The summed E-state index contributed by atoms with van der Waals surface area (Å²) in [5.74, 6) is 0.205. The number of nitrogens with one attached hydrogen (secondary N) is 2. The first-order valence-corrected chi connectivity index (χ1v) is 5.64. The van der Waals surface area contributed by atoms with Gasteiger partial charge >= 0.3 is 0 Å². The molecule has 0 aromatic rings. The minimum atomic E-state index is -0.0408. The standard InChI is InChI=1S/C11H20N2O/c1-11(2)7-10(14)12-8-5-3-4-6-9(8)13-11/h8-9,13H,3-7H2,1-2H3,(H,12,14)/t8-,9-/m1/s1. The van der Waals surface area contributed by atoms with Crippen molar-refractivity contribution in [2.75, 3.05) is 0 Å². The number of amides is 1. The molecule has 80 valence electrons. The molecule has 14 heavy (non-hydrogen) atoms. The molecule has 2 atom stereocenters. The molecule has 1 heterocycles. The molecule has 0 aromatic carbocycles. The average Bonchev–Trinajstić information content (AvgIpc) is 2.16. The van der Waals surface area contributed by atoms with Crippen LogP contribution in [0.1, 0.15) is 46.0 Å². The van der Waals surface area contributed by atoms with Crippen LogP contribution in [0.4, 0.5) is 0 Å². The Morgan fingerprint density at radius 2 is 1.86 bits per heavy atom. The molecule has 0 bridgehead atoms. The molecule has 0 radical (unpaired) electrons. The third-order valence-corrected chi connectivity index (χ3v) is 3.29. The third kappa shape index (κ3) is 2.08. The van der Waals surface area contributed by atoms with E-state index < -0.39 is 0 Å². The second kappa shape index (κ2) is 3.54. The summed E-state index contributed by atoms with van der Waals surface area (Å²) in [6.45, 7) is 4.23. The molecule has 2 rings (SSSR count). The molecular formula is C11H20N2O. The maximum absolute atomic E-state index is 11.6. The van der Waals surface area contributed by atoms with Crippen molar-refractivity contribution < 1.29 is 4.79 Å². The minimum absolute atomic E-state index is 0.0408. The second-order valence-electron chi connectivity index (χ2n) is 5.27. The van der Waals surface area contributed by atoms with Gasteiger partial charge in [-0.05, 0) is 26.7 Å². The lowest BCUT2D eigenvalue weighted by molar-refractivity contribution is -0.122. The molecular weight excluding hydrogens is 176 g/mol. The fraction of sp³-hybridized carbons (Fsp3) is 0.909. The fourth-order valence-corrected chi connectivity index (χ4v) is 2.69. The first kappa shape index (κ1) is 9.97. The average molecular weight is 196 g/mol. The van der Waals surface area contributed by atoms with Gasteiger partial charge in [0, 0.05) is 24.0 Å². The van der Waals surface area contributed by atoms with E-state index in [1.165, 1.54) is 19.3 Å². The molecule has 1 aliphatic heterocycles. The Labute approximate surface area is 85.6 Å². The van der Waals surface area contributed by atoms with Gasteiger partial charge < -0.3 is 10.6 Å². The summed E-state index contributed by atoms with van der Waals surface area (Å²) < 4.78 is 0. The molecule has 0 unspecified atom stereocenters. The van der Waals surface area contributed by atoms with Crippen LogP contribution < -0.4 is 10.6 Å². The van der Waals surface area contributed by atoms with Gasteiger partial charge in [-0.2, -0.15) is 0 Å². The van der Waals surface area contributed by atoms with E-state index in [0.29, 0.717) is 18.5 Å². The monoisotopic (exact) mass is 196 g/mol. The van der Waals surface area contributed by atoms with E-state index in [4.69, 9.17) is 0 Å². The molecule has 3 heteroatoms. The van der Waals surface area contributed by atoms with Gasteiger partial charge in [0.05, 0.1) is 0 Å². The van der Waals surface area contributed by atoms with Crippen molar-refractivity contribution in [3.8, 4) is 0 Å². The zero-order chi connectivity index (χ0) is 10.2. The predicted molar refractivity (Wildman–Crippen MR) is 56.0 cm³/mol. The van der Waals surface area contributed by atoms with Crippen LogP contribution in [0.15, 0.2) is 0 Å². The Morgan fingerprint density at radius 3 is 2.57 bits per heavy atom. The topological polar surface area (TPSA) is 41.1 Å². The molecule has 0 spiro atoms. The van der Waals surface area contributed by atoms with E-state index in [9.17, 15) is 4.79 Å². The van der Waals surface area contributed by atoms with Crippen molar-refractivity contribution in [3.05, 3.63) is 0 Å². The summed E-state index contributed by atoms with van der Waals surface area (Å²) in [6, 6.07) is 0.864. The highest BCUT2D eigenvalue weighted by Crippen LogP contribution is 2.24. The van der Waals surface area contributed by atoms with Crippen molar-refractivity contribution >= 4 is 5.91 Å². The Kier molecular flexibility index (Phi) is 2.52. The number of hydrogen-bond donors (Lipinski definition) is 2. The van der Waals surface area contributed by atoms with E-state index in [2.05, 4.69) is 24.5 Å². The van der Waals surface area contributed by atoms with E-state index >= 15 is 0 Å². The lowest BCUT2D eigenvalue weighted by Crippen LogP contribution is -2.52. The first-order valence-electron chi connectivity index (χ1n) is 5.64.